The number of hydrogen-bond donors (Lipinski definition) is 0. The predicted octanol–water partition coefficient (Wildman–Crippen LogP) is 2.06. The summed E-state index contributed by atoms with van der Waals surface area (Å²) in [4.78, 5) is 23.3. The van der Waals surface area contributed by atoms with Crippen molar-refractivity contribution in [1.29, 1.82) is 0 Å². The molecular weight excluding hydrogens is 268 g/mol. The third-order valence-corrected chi connectivity index (χ3v) is 2.92. The standard InChI is InChI=1S/C17H14O4/c1-2-11-21-17(20)15-10-6-4-8-13(15)12-7-3-5-9-14(12)16(18)19/h2-10H,1,11H2,(H,18,19)/p-1. The molecule has 0 saturated heterocycles. The molecule has 0 spiro atoms. The van der Waals surface area contributed by atoms with Crippen LogP contribution in [0.5, 0.6) is 0 Å². The number of carbonyl (C=O) groups is 2. The van der Waals surface area contributed by atoms with Crippen LogP contribution in [0.2, 0.25) is 0 Å². The van der Waals surface area contributed by atoms with E-state index in [0.29, 0.717) is 16.7 Å². The van der Waals surface area contributed by atoms with Crippen molar-refractivity contribution in [2.24, 2.45) is 0 Å². The third kappa shape index (κ3) is 3.17. The van der Waals surface area contributed by atoms with Crippen molar-refractivity contribution in [3.05, 3.63) is 72.3 Å². The van der Waals surface area contributed by atoms with Gasteiger partial charge in [-0.05, 0) is 17.2 Å². The molecule has 106 valence electrons. The van der Waals surface area contributed by atoms with Crippen LogP contribution in [0.15, 0.2) is 61.2 Å². The zero-order valence-electron chi connectivity index (χ0n) is 11.2. The first-order valence-corrected chi connectivity index (χ1v) is 6.33. The van der Waals surface area contributed by atoms with E-state index in [9.17, 15) is 14.7 Å². The smallest absolute Gasteiger partial charge is 0.339 e. The Kier molecular flexibility index (Phi) is 4.51. The minimum absolute atomic E-state index is 0.0291. The molecule has 4 heteroatoms. The molecule has 2 rings (SSSR count). The lowest BCUT2D eigenvalue weighted by Crippen LogP contribution is -2.23. The maximum Gasteiger partial charge on any atom is 0.339 e. The highest BCUT2D eigenvalue weighted by Crippen LogP contribution is 2.27. The second-order valence-electron chi connectivity index (χ2n) is 4.27. The lowest BCUT2D eigenvalue weighted by atomic mass is 9.95. The van der Waals surface area contributed by atoms with Crippen LogP contribution in [0.25, 0.3) is 11.1 Å². The quantitative estimate of drug-likeness (QED) is 0.621. The van der Waals surface area contributed by atoms with E-state index in [1.165, 1.54) is 12.1 Å². The number of esters is 1. The largest absolute Gasteiger partial charge is 0.545 e. The Morgan fingerprint density at radius 3 is 2.10 bits per heavy atom. The summed E-state index contributed by atoms with van der Waals surface area (Å²) in [5.74, 6) is -1.82. The molecule has 2 aromatic carbocycles. The van der Waals surface area contributed by atoms with Gasteiger partial charge in [0.2, 0.25) is 0 Å². The fourth-order valence-electron chi connectivity index (χ4n) is 2.00. The highest BCUT2D eigenvalue weighted by atomic mass is 16.5. The minimum Gasteiger partial charge on any atom is -0.545 e. The summed E-state index contributed by atoms with van der Waals surface area (Å²) in [7, 11) is 0. The van der Waals surface area contributed by atoms with E-state index in [1.54, 1.807) is 42.5 Å². The molecular formula is C17H13O4-. The topological polar surface area (TPSA) is 66.4 Å². The van der Waals surface area contributed by atoms with Gasteiger partial charge < -0.3 is 14.6 Å². The molecule has 0 aliphatic heterocycles. The van der Waals surface area contributed by atoms with Gasteiger partial charge in [-0.1, -0.05) is 55.1 Å². The Bertz CT molecular complexity index is 689. The molecule has 0 unspecified atom stereocenters. The van der Waals surface area contributed by atoms with Gasteiger partial charge in [-0.25, -0.2) is 4.79 Å². The van der Waals surface area contributed by atoms with E-state index in [4.69, 9.17) is 4.74 Å². The van der Waals surface area contributed by atoms with Crippen molar-refractivity contribution in [3.63, 3.8) is 0 Å². The van der Waals surface area contributed by atoms with Gasteiger partial charge in [0.15, 0.2) is 0 Å². The molecule has 0 aliphatic carbocycles. The summed E-state index contributed by atoms with van der Waals surface area (Å²) in [5, 5.41) is 11.2. The van der Waals surface area contributed by atoms with Crippen molar-refractivity contribution < 1.29 is 19.4 Å². The molecule has 0 heterocycles. The van der Waals surface area contributed by atoms with Crippen molar-refractivity contribution in [2.75, 3.05) is 6.61 Å². The van der Waals surface area contributed by atoms with Crippen LogP contribution in [-0.2, 0) is 4.74 Å². The Morgan fingerprint density at radius 1 is 1.00 bits per heavy atom. The Balaban J connectivity index is 2.53. The SMILES string of the molecule is C=CCOC(=O)c1ccccc1-c1ccccc1C(=O)[O-]. The molecule has 0 saturated carbocycles. The molecule has 0 fully saturated rings. The first-order valence-electron chi connectivity index (χ1n) is 6.33. The number of benzene rings is 2. The molecule has 0 radical (unpaired) electrons. The van der Waals surface area contributed by atoms with E-state index in [1.807, 2.05) is 0 Å². The molecule has 4 nitrogen and oxygen atoms in total. The van der Waals surface area contributed by atoms with Gasteiger partial charge >= 0.3 is 5.97 Å². The first kappa shape index (κ1) is 14.5. The van der Waals surface area contributed by atoms with Crippen LogP contribution in [0.4, 0.5) is 0 Å². The Morgan fingerprint density at radius 2 is 1.52 bits per heavy atom. The van der Waals surface area contributed by atoms with Crippen LogP contribution < -0.4 is 5.11 Å². The van der Waals surface area contributed by atoms with Crippen LogP contribution in [0, 0.1) is 0 Å². The minimum atomic E-state index is -1.29. The van der Waals surface area contributed by atoms with E-state index in [0.717, 1.165) is 0 Å². The zero-order valence-corrected chi connectivity index (χ0v) is 11.2. The molecule has 0 aliphatic rings. The maximum atomic E-state index is 12.0. The maximum absolute atomic E-state index is 12.0. The van der Waals surface area contributed by atoms with E-state index in [-0.39, 0.29) is 12.2 Å². The second kappa shape index (κ2) is 6.52. The number of rotatable bonds is 5. The fourth-order valence-corrected chi connectivity index (χ4v) is 2.00. The molecule has 21 heavy (non-hydrogen) atoms. The molecule has 0 N–H and O–H groups in total. The van der Waals surface area contributed by atoms with E-state index >= 15 is 0 Å². The van der Waals surface area contributed by atoms with Crippen LogP contribution in [0.3, 0.4) is 0 Å². The molecule has 0 amide bonds. The van der Waals surface area contributed by atoms with Crippen LogP contribution in [0.1, 0.15) is 20.7 Å². The van der Waals surface area contributed by atoms with Gasteiger partial charge in [-0.3, -0.25) is 0 Å². The van der Waals surface area contributed by atoms with Gasteiger partial charge in [0, 0.05) is 5.56 Å². The Labute approximate surface area is 122 Å². The normalized spacial score (nSPS) is 9.90. The molecule has 0 atom stereocenters. The first-order chi connectivity index (χ1) is 10.1. The lowest BCUT2D eigenvalue weighted by Gasteiger charge is -2.13. The van der Waals surface area contributed by atoms with E-state index in [2.05, 4.69) is 6.58 Å². The predicted molar refractivity (Wildman–Crippen MR) is 76.7 cm³/mol. The Hall–Kier alpha value is -2.88. The van der Waals surface area contributed by atoms with Gasteiger partial charge in [-0.2, -0.15) is 0 Å². The number of aromatic carboxylic acids is 1. The van der Waals surface area contributed by atoms with Gasteiger partial charge in [-0.15, -0.1) is 0 Å². The summed E-state index contributed by atoms with van der Waals surface area (Å²) in [6, 6.07) is 13.1. The molecule has 0 aromatic heterocycles. The number of ether oxygens (including phenoxy) is 1. The van der Waals surface area contributed by atoms with Crippen molar-refractivity contribution in [2.45, 2.75) is 0 Å². The zero-order chi connectivity index (χ0) is 15.2. The summed E-state index contributed by atoms with van der Waals surface area (Å²) in [6.07, 6.45) is 1.47. The summed E-state index contributed by atoms with van der Waals surface area (Å²) in [5.41, 5.74) is 1.24. The van der Waals surface area contributed by atoms with Gasteiger partial charge in [0.25, 0.3) is 0 Å². The average Bonchev–Trinajstić information content (AvgIpc) is 2.52. The van der Waals surface area contributed by atoms with Crippen molar-refractivity contribution in [3.8, 4) is 11.1 Å². The lowest BCUT2D eigenvalue weighted by molar-refractivity contribution is -0.254. The average molecular weight is 281 g/mol. The van der Waals surface area contributed by atoms with E-state index < -0.39 is 11.9 Å². The summed E-state index contributed by atoms with van der Waals surface area (Å²) in [6.45, 7) is 3.57. The van der Waals surface area contributed by atoms with Gasteiger partial charge in [0.05, 0.1) is 11.5 Å². The van der Waals surface area contributed by atoms with Crippen molar-refractivity contribution in [1.82, 2.24) is 0 Å². The number of carbonyl (C=O) groups excluding carboxylic acids is 2. The van der Waals surface area contributed by atoms with Crippen LogP contribution in [-0.4, -0.2) is 18.5 Å². The molecule has 0 bridgehead atoms. The highest BCUT2D eigenvalue weighted by Gasteiger charge is 2.15. The highest BCUT2D eigenvalue weighted by molar-refractivity contribution is 6.02. The number of carboxylic acids is 1. The third-order valence-electron chi connectivity index (χ3n) is 2.92. The summed E-state index contributed by atoms with van der Waals surface area (Å²) >= 11 is 0. The monoisotopic (exact) mass is 281 g/mol. The van der Waals surface area contributed by atoms with Crippen molar-refractivity contribution >= 4 is 11.9 Å². The van der Waals surface area contributed by atoms with Gasteiger partial charge in [0.1, 0.15) is 6.61 Å². The molecule has 2 aromatic rings. The van der Waals surface area contributed by atoms with Crippen LogP contribution >= 0.6 is 0 Å². The fraction of sp³-hybridized carbons (Fsp3) is 0.0588. The number of carboxylic acid groups (broad SMARTS) is 1. The summed E-state index contributed by atoms with van der Waals surface area (Å²) < 4.78 is 5.02. The second-order valence-corrected chi connectivity index (χ2v) is 4.27. The number of hydrogen-bond acceptors (Lipinski definition) is 4.